The molecule has 1 aromatic heterocycles. The van der Waals surface area contributed by atoms with Gasteiger partial charge in [0, 0.05) is 0 Å². The number of aromatic nitrogens is 3. The van der Waals surface area contributed by atoms with E-state index in [1.54, 1.807) is 19.1 Å². The molecule has 0 aliphatic carbocycles. The predicted octanol–water partition coefficient (Wildman–Crippen LogP) is 3.50. The van der Waals surface area contributed by atoms with E-state index in [1.807, 2.05) is 13.8 Å². The summed E-state index contributed by atoms with van der Waals surface area (Å²) in [4.78, 5) is 11.8. The summed E-state index contributed by atoms with van der Waals surface area (Å²) in [5.74, 6) is -0.262. The van der Waals surface area contributed by atoms with Crippen molar-refractivity contribution in [3.8, 4) is 6.01 Å². The third kappa shape index (κ3) is 3.54. The fourth-order valence-electron chi connectivity index (χ4n) is 1.55. The van der Waals surface area contributed by atoms with Crippen molar-refractivity contribution in [2.75, 3.05) is 5.32 Å². The standard InChI is InChI=1S/C13H14ClFN4O/c1-7(2)20-13-18-11(14)17-12(19-13)16-10-8(3)5-4-6-9(10)15/h4-7H,1-3H3,(H,16,17,18,19). The number of ether oxygens (including phenoxy) is 1. The van der Waals surface area contributed by atoms with Crippen LogP contribution >= 0.6 is 11.6 Å². The highest BCUT2D eigenvalue weighted by Crippen LogP contribution is 2.23. The Kier molecular flexibility index (Phi) is 4.34. The highest BCUT2D eigenvalue weighted by molar-refractivity contribution is 6.28. The van der Waals surface area contributed by atoms with Crippen LogP contribution in [0.4, 0.5) is 16.0 Å². The molecule has 0 aliphatic rings. The fourth-order valence-corrected chi connectivity index (χ4v) is 1.71. The molecule has 5 nitrogen and oxygen atoms in total. The Bertz CT molecular complexity index is 601. The van der Waals surface area contributed by atoms with Crippen molar-refractivity contribution in [3.63, 3.8) is 0 Å². The van der Waals surface area contributed by atoms with Crippen LogP contribution in [0.1, 0.15) is 19.4 Å². The molecular formula is C13H14ClFN4O. The molecular weight excluding hydrogens is 283 g/mol. The van der Waals surface area contributed by atoms with E-state index in [4.69, 9.17) is 16.3 Å². The van der Waals surface area contributed by atoms with E-state index >= 15 is 0 Å². The number of halogens is 2. The van der Waals surface area contributed by atoms with Gasteiger partial charge in [-0.25, -0.2) is 4.39 Å². The molecule has 1 aromatic carbocycles. The van der Waals surface area contributed by atoms with Crippen LogP contribution in [0.15, 0.2) is 18.2 Å². The van der Waals surface area contributed by atoms with E-state index < -0.39 is 5.82 Å². The quantitative estimate of drug-likeness (QED) is 0.935. The van der Waals surface area contributed by atoms with Crippen LogP contribution in [-0.2, 0) is 0 Å². The Labute approximate surface area is 121 Å². The summed E-state index contributed by atoms with van der Waals surface area (Å²) < 4.78 is 19.1. The number of nitrogens with one attached hydrogen (secondary N) is 1. The summed E-state index contributed by atoms with van der Waals surface area (Å²) in [5.41, 5.74) is 1.03. The summed E-state index contributed by atoms with van der Waals surface area (Å²) in [7, 11) is 0. The molecule has 2 aromatic rings. The minimum atomic E-state index is -0.395. The van der Waals surface area contributed by atoms with Crippen LogP contribution in [0.3, 0.4) is 0 Å². The SMILES string of the molecule is Cc1cccc(F)c1Nc1nc(Cl)nc(OC(C)C)n1. The summed E-state index contributed by atoms with van der Waals surface area (Å²) in [5, 5.41) is 2.77. The van der Waals surface area contributed by atoms with Gasteiger partial charge in [0.1, 0.15) is 5.82 Å². The number of aryl methyl sites for hydroxylation is 1. The van der Waals surface area contributed by atoms with E-state index in [2.05, 4.69) is 20.3 Å². The monoisotopic (exact) mass is 296 g/mol. The molecule has 0 aliphatic heterocycles. The third-order valence-electron chi connectivity index (χ3n) is 2.39. The second kappa shape index (κ2) is 6.00. The van der Waals surface area contributed by atoms with E-state index in [9.17, 15) is 4.39 Å². The van der Waals surface area contributed by atoms with Crippen molar-refractivity contribution in [3.05, 3.63) is 34.9 Å². The van der Waals surface area contributed by atoms with Crippen molar-refractivity contribution in [1.82, 2.24) is 15.0 Å². The second-order valence-corrected chi connectivity index (χ2v) is 4.77. The molecule has 0 amide bonds. The minimum absolute atomic E-state index is 0.0212. The summed E-state index contributed by atoms with van der Waals surface area (Å²) in [6.07, 6.45) is -0.100. The number of hydrogen-bond acceptors (Lipinski definition) is 5. The van der Waals surface area contributed by atoms with Gasteiger partial charge in [0.2, 0.25) is 11.2 Å². The summed E-state index contributed by atoms with van der Waals surface area (Å²) in [6, 6.07) is 4.85. The van der Waals surface area contributed by atoms with Gasteiger partial charge in [-0.2, -0.15) is 15.0 Å². The number of hydrogen-bond donors (Lipinski definition) is 1. The van der Waals surface area contributed by atoms with Gasteiger partial charge in [-0.3, -0.25) is 0 Å². The first-order valence-electron chi connectivity index (χ1n) is 6.06. The van der Waals surface area contributed by atoms with Gasteiger partial charge in [0.25, 0.3) is 0 Å². The normalized spacial score (nSPS) is 10.7. The minimum Gasteiger partial charge on any atom is -0.461 e. The van der Waals surface area contributed by atoms with Gasteiger partial charge in [-0.1, -0.05) is 12.1 Å². The average molecular weight is 297 g/mol. The van der Waals surface area contributed by atoms with Crippen molar-refractivity contribution in [2.45, 2.75) is 26.9 Å². The lowest BCUT2D eigenvalue weighted by Gasteiger charge is -2.11. The van der Waals surface area contributed by atoms with Gasteiger partial charge in [0.05, 0.1) is 11.8 Å². The lowest BCUT2D eigenvalue weighted by Crippen LogP contribution is -2.10. The van der Waals surface area contributed by atoms with E-state index in [0.29, 0.717) is 5.69 Å². The molecule has 0 unspecified atom stereocenters. The van der Waals surface area contributed by atoms with Gasteiger partial charge in [0.15, 0.2) is 0 Å². The maximum atomic E-state index is 13.7. The van der Waals surface area contributed by atoms with E-state index in [1.165, 1.54) is 6.07 Å². The molecule has 106 valence electrons. The maximum absolute atomic E-state index is 13.7. The zero-order valence-electron chi connectivity index (χ0n) is 11.3. The van der Waals surface area contributed by atoms with Crippen molar-refractivity contribution in [1.29, 1.82) is 0 Å². The van der Waals surface area contributed by atoms with Crippen molar-refractivity contribution >= 4 is 23.2 Å². The van der Waals surface area contributed by atoms with Gasteiger partial charge >= 0.3 is 6.01 Å². The van der Waals surface area contributed by atoms with Crippen LogP contribution < -0.4 is 10.1 Å². The predicted molar refractivity (Wildman–Crippen MR) is 75.0 cm³/mol. The van der Waals surface area contributed by atoms with Gasteiger partial charge in [-0.15, -0.1) is 0 Å². The van der Waals surface area contributed by atoms with Crippen LogP contribution in [0.25, 0.3) is 0 Å². The van der Waals surface area contributed by atoms with Gasteiger partial charge in [-0.05, 0) is 44.0 Å². The maximum Gasteiger partial charge on any atom is 0.322 e. The van der Waals surface area contributed by atoms with E-state index in [0.717, 1.165) is 5.56 Å². The number of benzene rings is 1. The molecule has 7 heteroatoms. The molecule has 0 saturated carbocycles. The lowest BCUT2D eigenvalue weighted by atomic mass is 10.2. The highest BCUT2D eigenvalue weighted by atomic mass is 35.5. The zero-order chi connectivity index (χ0) is 14.7. The molecule has 0 fully saturated rings. The molecule has 0 radical (unpaired) electrons. The Morgan fingerprint density at radius 1 is 1.25 bits per heavy atom. The topological polar surface area (TPSA) is 59.9 Å². The molecule has 1 N–H and O–H groups in total. The number of anilines is 2. The Balaban J connectivity index is 2.31. The third-order valence-corrected chi connectivity index (χ3v) is 2.56. The molecule has 2 rings (SSSR count). The summed E-state index contributed by atoms with van der Waals surface area (Å²) in [6.45, 7) is 5.46. The number of nitrogens with zero attached hydrogens (tertiary/aromatic N) is 3. The molecule has 0 saturated heterocycles. The molecule has 20 heavy (non-hydrogen) atoms. The molecule has 0 atom stereocenters. The first-order valence-corrected chi connectivity index (χ1v) is 6.44. The number of rotatable bonds is 4. The van der Waals surface area contributed by atoms with E-state index in [-0.39, 0.29) is 23.3 Å². The van der Waals surface area contributed by atoms with Crippen molar-refractivity contribution < 1.29 is 9.13 Å². The Hall–Kier alpha value is -1.95. The smallest absolute Gasteiger partial charge is 0.322 e. The number of para-hydroxylation sites is 1. The van der Waals surface area contributed by atoms with Crippen molar-refractivity contribution in [2.24, 2.45) is 0 Å². The Morgan fingerprint density at radius 2 is 2.00 bits per heavy atom. The second-order valence-electron chi connectivity index (χ2n) is 4.43. The van der Waals surface area contributed by atoms with Crippen LogP contribution in [-0.4, -0.2) is 21.1 Å². The molecule has 0 bridgehead atoms. The largest absolute Gasteiger partial charge is 0.461 e. The van der Waals surface area contributed by atoms with Gasteiger partial charge < -0.3 is 10.1 Å². The first-order chi connectivity index (χ1) is 9.45. The fraction of sp³-hybridized carbons (Fsp3) is 0.308. The lowest BCUT2D eigenvalue weighted by molar-refractivity contribution is 0.222. The molecule has 0 spiro atoms. The molecule has 1 heterocycles. The summed E-state index contributed by atoms with van der Waals surface area (Å²) >= 11 is 5.80. The highest BCUT2D eigenvalue weighted by Gasteiger charge is 2.11. The van der Waals surface area contributed by atoms with Crippen LogP contribution in [0.5, 0.6) is 6.01 Å². The Morgan fingerprint density at radius 3 is 2.65 bits per heavy atom. The van der Waals surface area contributed by atoms with Crippen LogP contribution in [0.2, 0.25) is 5.28 Å². The zero-order valence-corrected chi connectivity index (χ0v) is 12.1. The van der Waals surface area contributed by atoms with Crippen LogP contribution in [0, 0.1) is 12.7 Å². The average Bonchev–Trinajstić information content (AvgIpc) is 2.32. The first kappa shape index (κ1) is 14.5.